The molecule has 0 radical (unpaired) electrons. The van der Waals surface area contributed by atoms with Crippen molar-refractivity contribution in [2.24, 2.45) is 16.5 Å². The van der Waals surface area contributed by atoms with Crippen molar-refractivity contribution < 1.29 is 14.7 Å². The molecule has 7 nitrogen and oxygen atoms in total. The number of guanidine groups is 1. The Balaban J connectivity index is 1.97. The number of nitrogens with two attached hydrogens (primary N) is 2. The molecule has 0 heterocycles. The van der Waals surface area contributed by atoms with Crippen molar-refractivity contribution in [3.05, 3.63) is 69.7 Å². The number of aliphatic imine (C=N–C) groups is 1. The molecule has 0 aliphatic rings. The summed E-state index contributed by atoms with van der Waals surface area (Å²) >= 11 is 5.92. The Morgan fingerprint density at radius 1 is 1.22 bits per heavy atom. The number of rotatable bonds is 6. The van der Waals surface area contributed by atoms with E-state index in [9.17, 15) is 9.59 Å². The third-order valence-electron chi connectivity index (χ3n) is 3.96. The van der Waals surface area contributed by atoms with Crippen LogP contribution in [0, 0.1) is 6.92 Å². The zero-order chi connectivity index (χ0) is 20.0. The fraction of sp³-hybridized carbons (Fsp3) is 0.211. The normalized spacial score (nSPS) is 12.5. The minimum absolute atomic E-state index is 0.00586. The summed E-state index contributed by atoms with van der Waals surface area (Å²) in [4.78, 5) is 26.8. The molecule has 27 heavy (non-hydrogen) atoms. The van der Waals surface area contributed by atoms with Crippen LogP contribution in [0.15, 0.2) is 47.5 Å². The maximum Gasteiger partial charge on any atom is 0.320 e. The van der Waals surface area contributed by atoms with Crippen LogP contribution in [-0.2, 0) is 17.8 Å². The van der Waals surface area contributed by atoms with Crippen molar-refractivity contribution in [3.8, 4) is 0 Å². The van der Waals surface area contributed by atoms with Crippen molar-refractivity contribution in [2.75, 3.05) is 0 Å². The van der Waals surface area contributed by atoms with E-state index in [0.29, 0.717) is 17.1 Å². The summed E-state index contributed by atoms with van der Waals surface area (Å²) in [6.45, 7) is 2.34. The summed E-state index contributed by atoms with van der Waals surface area (Å²) in [5, 5.41) is 12.4. The van der Waals surface area contributed by atoms with Crippen molar-refractivity contribution in [1.82, 2.24) is 5.32 Å². The van der Waals surface area contributed by atoms with E-state index in [2.05, 4.69) is 10.3 Å². The number of nitrogens with zero attached hydrogens (tertiary/aromatic N) is 1. The SMILES string of the molecule is Cc1cc(Cl)ccc1CN/C(N)=N/C(=O)c1ccc(C[C@H](N)C(=O)O)cc1. The lowest BCUT2D eigenvalue weighted by molar-refractivity contribution is -0.138. The van der Waals surface area contributed by atoms with Gasteiger partial charge in [-0.1, -0.05) is 29.8 Å². The standard InChI is InChI=1S/C19H21ClN4O3/c1-11-8-15(20)7-6-14(11)10-23-19(22)24-17(25)13-4-2-12(3-5-13)9-16(21)18(26)27/h2-8,16H,9-10,21H2,1H3,(H,26,27)(H3,22,23,24,25)/t16-/m0/s1. The summed E-state index contributed by atoms with van der Waals surface area (Å²) in [5.41, 5.74) is 14.3. The van der Waals surface area contributed by atoms with Crippen LogP contribution in [0.3, 0.4) is 0 Å². The molecule has 2 rings (SSSR count). The molecule has 1 atom stereocenters. The lowest BCUT2D eigenvalue weighted by atomic mass is 10.0. The van der Waals surface area contributed by atoms with Gasteiger partial charge in [-0.15, -0.1) is 0 Å². The molecule has 142 valence electrons. The lowest BCUT2D eigenvalue weighted by Crippen LogP contribution is -2.32. The van der Waals surface area contributed by atoms with Gasteiger partial charge in [-0.05, 0) is 54.3 Å². The molecule has 0 saturated heterocycles. The van der Waals surface area contributed by atoms with E-state index >= 15 is 0 Å². The number of nitrogens with one attached hydrogen (secondary N) is 1. The van der Waals surface area contributed by atoms with Gasteiger partial charge in [0.2, 0.25) is 0 Å². The van der Waals surface area contributed by atoms with Gasteiger partial charge in [0.05, 0.1) is 0 Å². The second kappa shape index (κ2) is 9.16. The largest absolute Gasteiger partial charge is 0.480 e. The minimum Gasteiger partial charge on any atom is -0.480 e. The highest BCUT2D eigenvalue weighted by Crippen LogP contribution is 2.15. The fourth-order valence-corrected chi connectivity index (χ4v) is 2.61. The molecule has 0 fully saturated rings. The number of hydrogen-bond donors (Lipinski definition) is 4. The number of benzene rings is 2. The topological polar surface area (TPSA) is 131 Å². The lowest BCUT2D eigenvalue weighted by Gasteiger charge is -2.09. The van der Waals surface area contributed by atoms with Gasteiger partial charge in [-0.2, -0.15) is 4.99 Å². The average Bonchev–Trinajstić information content (AvgIpc) is 2.61. The van der Waals surface area contributed by atoms with Crippen LogP contribution in [0.25, 0.3) is 0 Å². The second-order valence-corrected chi connectivity index (χ2v) is 6.51. The Labute approximate surface area is 162 Å². The molecule has 0 aliphatic carbocycles. The highest BCUT2D eigenvalue weighted by Gasteiger charge is 2.12. The predicted molar refractivity (Wildman–Crippen MR) is 105 cm³/mol. The van der Waals surface area contributed by atoms with Crippen LogP contribution in [0.2, 0.25) is 5.02 Å². The van der Waals surface area contributed by atoms with Gasteiger partial charge in [-0.25, -0.2) is 0 Å². The van der Waals surface area contributed by atoms with Crippen molar-refractivity contribution in [2.45, 2.75) is 25.9 Å². The van der Waals surface area contributed by atoms with Gasteiger partial charge in [0.25, 0.3) is 5.91 Å². The Kier molecular flexibility index (Phi) is 6.92. The molecule has 1 amide bonds. The van der Waals surface area contributed by atoms with Crippen molar-refractivity contribution in [3.63, 3.8) is 0 Å². The summed E-state index contributed by atoms with van der Waals surface area (Å²) in [5.74, 6) is -1.57. The first-order chi connectivity index (χ1) is 12.8. The molecule has 0 aromatic heterocycles. The number of aliphatic carboxylic acids is 1. The van der Waals surface area contributed by atoms with Gasteiger partial charge in [0, 0.05) is 17.1 Å². The van der Waals surface area contributed by atoms with Gasteiger partial charge in [0.1, 0.15) is 6.04 Å². The third kappa shape index (κ3) is 6.09. The first kappa shape index (κ1) is 20.4. The van der Waals surface area contributed by atoms with E-state index in [4.69, 9.17) is 28.2 Å². The number of carbonyl (C=O) groups is 2. The number of amides is 1. The molecular weight excluding hydrogens is 368 g/mol. The number of halogens is 1. The first-order valence-electron chi connectivity index (χ1n) is 8.21. The molecule has 0 aliphatic heterocycles. The Hall–Kier alpha value is -2.90. The molecule has 0 unspecified atom stereocenters. The van der Waals surface area contributed by atoms with Crippen LogP contribution >= 0.6 is 11.6 Å². The van der Waals surface area contributed by atoms with Crippen LogP contribution in [0.1, 0.15) is 27.0 Å². The number of aryl methyl sites for hydroxylation is 1. The first-order valence-corrected chi connectivity index (χ1v) is 8.59. The fourth-order valence-electron chi connectivity index (χ4n) is 2.38. The average molecular weight is 389 g/mol. The molecular formula is C19H21ClN4O3. The van der Waals surface area contributed by atoms with E-state index in [1.54, 1.807) is 30.3 Å². The summed E-state index contributed by atoms with van der Waals surface area (Å²) in [7, 11) is 0. The van der Waals surface area contributed by atoms with Gasteiger partial charge < -0.3 is 21.9 Å². The van der Waals surface area contributed by atoms with E-state index in [1.165, 1.54) is 0 Å². The third-order valence-corrected chi connectivity index (χ3v) is 4.20. The molecule has 8 heteroatoms. The van der Waals surface area contributed by atoms with E-state index in [0.717, 1.165) is 16.7 Å². The zero-order valence-electron chi connectivity index (χ0n) is 14.8. The zero-order valence-corrected chi connectivity index (χ0v) is 15.5. The van der Waals surface area contributed by atoms with E-state index < -0.39 is 17.9 Å². The van der Waals surface area contributed by atoms with Crippen LogP contribution in [0.5, 0.6) is 0 Å². The van der Waals surface area contributed by atoms with E-state index in [-0.39, 0.29) is 12.4 Å². The summed E-state index contributed by atoms with van der Waals surface area (Å²) < 4.78 is 0. The van der Waals surface area contributed by atoms with Gasteiger partial charge in [0.15, 0.2) is 5.96 Å². The quantitative estimate of drug-likeness (QED) is 0.441. The molecule has 2 aromatic rings. The molecule has 0 saturated carbocycles. The second-order valence-electron chi connectivity index (χ2n) is 6.07. The maximum absolute atomic E-state index is 12.2. The maximum atomic E-state index is 12.2. The smallest absolute Gasteiger partial charge is 0.320 e. The van der Waals surface area contributed by atoms with E-state index in [1.807, 2.05) is 19.1 Å². The van der Waals surface area contributed by atoms with Crippen molar-refractivity contribution >= 4 is 29.4 Å². The van der Waals surface area contributed by atoms with Crippen LogP contribution < -0.4 is 16.8 Å². The van der Waals surface area contributed by atoms with Gasteiger partial charge in [-0.3, -0.25) is 9.59 Å². The summed E-state index contributed by atoms with van der Waals surface area (Å²) in [6, 6.07) is 10.9. The number of hydrogen-bond acceptors (Lipinski definition) is 3. The number of carbonyl (C=O) groups excluding carboxylic acids is 1. The molecule has 6 N–H and O–H groups in total. The van der Waals surface area contributed by atoms with Crippen LogP contribution in [0.4, 0.5) is 0 Å². The monoisotopic (exact) mass is 388 g/mol. The van der Waals surface area contributed by atoms with Crippen molar-refractivity contribution in [1.29, 1.82) is 0 Å². The summed E-state index contributed by atoms with van der Waals surface area (Å²) in [6.07, 6.45) is 0.178. The highest BCUT2D eigenvalue weighted by molar-refractivity contribution is 6.30. The number of carboxylic acids is 1. The Bertz CT molecular complexity index is 866. The van der Waals surface area contributed by atoms with Crippen LogP contribution in [-0.4, -0.2) is 29.0 Å². The molecule has 2 aromatic carbocycles. The Morgan fingerprint density at radius 3 is 2.48 bits per heavy atom. The molecule has 0 spiro atoms. The minimum atomic E-state index is -1.07. The predicted octanol–water partition coefficient (Wildman–Crippen LogP) is 1.85. The highest BCUT2D eigenvalue weighted by atomic mass is 35.5. The Morgan fingerprint density at radius 2 is 1.89 bits per heavy atom. The number of carboxylic acid groups (broad SMARTS) is 1. The molecule has 0 bridgehead atoms. The van der Waals surface area contributed by atoms with Gasteiger partial charge >= 0.3 is 5.97 Å².